The third-order valence-electron chi connectivity index (χ3n) is 16.3. The van der Waals surface area contributed by atoms with E-state index in [4.69, 9.17) is 16.0 Å². The average Bonchev–Trinajstić information content (AvgIpc) is 3.45. The lowest BCUT2D eigenvalue weighted by Gasteiger charge is -2.29. The van der Waals surface area contributed by atoms with E-state index in [2.05, 4.69) is 72.6 Å². The molecular formula is C66H75N3O6. The highest BCUT2D eigenvalue weighted by Crippen LogP contribution is 2.51. The first kappa shape index (κ1) is 52.8. The Morgan fingerprint density at radius 1 is 0.507 bits per heavy atom. The number of carbonyl (C=O) groups excluding carboxylic acids is 2. The maximum atomic E-state index is 15.4. The van der Waals surface area contributed by atoms with E-state index in [1.165, 1.54) is 113 Å². The molecule has 0 amide bonds. The molecule has 2 fully saturated rings. The minimum atomic E-state index is -0.690. The summed E-state index contributed by atoms with van der Waals surface area (Å²) in [6, 6.07) is 33.8. The van der Waals surface area contributed by atoms with Crippen molar-refractivity contribution in [3.63, 3.8) is 0 Å². The maximum absolute atomic E-state index is 15.4. The zero-order valence-corrected chi connectivity index (χ0v) is 44.3. The Morgan fingerprint density at radius 2 is 0.920 bits per heavy atom. The van der Waals surface area contributed by atoms with Crippen LogP contribution in [0.4, 0.5) is 28.4 Å². The van der Waals surface area contributed by atoms with Gasteiger partial charge in [-0.05, 0) is 153 Å². The third kappa shape index (κ3) is 12.6. The quantitative estimate of drug-likeness (QED) is 0.0301. The number of aromatic hydroxyl groups is 2. The molecule has 390 valence electrons. The molecule has 0 aliphatic heterocycles. The molecule has 0 radical (unpaired) electrons. The van der Waals surface area contributed by atoms with Crippen LogP contribution in [0.3, 0.4) is 0 Å². The van der Waals surface area contributed by atoms with Gasteiger partial charge in [0, 0.05) is 23.5 Å². The van der Waals surface area contributed by atoms with Gasteiger partial charge in [-0.15, -0.1) is 0 Å². The van der Waals surface area contributed by atoms with Crippen molar-refractivity contribution in [1.29, 1.82) is 0 Å². The second-order valence-corrected chi connectivity index (χ2v) is 21.5. The smallest absolute Gasteiger partial charge is 0.200 e. The van der Waals surface area contributed by atoms with Crippen molar-refractivity contribution in [2.75, 3.05) is 10.6 Å². The number of aryl methyl sites for hydroxylation is 1. The zero-order valence-electron chi connectivity index (χ0n) is 44.3. The van der Waals surface area contributed by atoms with Gasteiger partial charge in [-0.3, -0.25) is 9.59 Å². The van der Waals surface area contributed by atoms with Crippen LogP contribution in [0.5, 0.6) is 34.5 Å². The van der Waals surface area contributed by atoms with Crippen LogP contribution in [0, 0.1) is 18.4 Å². The number of nitrogens with one attached hydrogen (secondary N) is 2. The number of phenolic OH excluding ortho intramolecular Hbond substituents is 2. The molecule has 0 bridgehead atoms. The Morgan fingerprint density at radius 3 is 1.33 bits per heavy atom. The molecule has 3 aliphatic carbocycles. The normalized spacial score (nSPS) is 18.2. The summed E-state index contributed by atoms with van der Waals surface area (Å²) in [6.07, 6.45) is 24.1. The summed E-state index contributed by atoms with van der Waals surface area (Å²) >= 11 is 0. The van der Waals surface area contributed by atoms with Crippen LogP contribution in [0.25, 0.3) is 4.85 Å². The second kappa shape index (κ2) is 25.0. The number of ether oxygens (including phenoxy) is 2. The second-order valence-electron chi connectivity index (χ2n) is 21.5. The molecule has 0 aromatic heterocycles. The first-order valence-electron chi connectivity index (χ1n) is 28.2. The Balaban J connectivity index is 1.06. The molecule has 0 spiro atoms. The van der Waals surface area contributed by atoms with Crippen molar-refractivity contribution in [2.45, 2.75) is 161 Å². The number of rotatable bonds is 22. The van der Waals surface area contributed by atoms with Crippen LogP contribution in [0.1, 0.15) is 203 Å². The number of fused-ring (bicyclic) bond motifs is 2. The molecule has 0 saturated heterocycles. The first-order chi connectivity index (χ1) is 36.6. The van der Waals surface area contributed by atoms with Crippen molar-refractivity contribution >= 4 is 40.0 Å². The summed E-state index contributed by atoms with van der Waals surface area (Å²) in [6.45, 7) is 14.2. The minimum Gasteiger partial charge on any atom is -0.504 e. The highest BCUT2D eigenvalue weighted by molar-refractivity contribution is 6.34. The summed E-state index contributed by atoms with van der Waals surface area (Å²) in [4.78, 5) is 34.3. The highest BCUT2D eigenvalue weighted by atomic mass is 16.5. The van der Waals surface area contributed by atoms with Gasteiger partial charge in [-0.2, -0.15) is 0 Å². The average molecular weight is 1010 g/mol. The Hall–Kier alpha value is -7.05. The van der Waals surface area contributed by atoms with E-state index in [9.17, 15) is 10.2 Å². The molecule has 9 heteroatoms. The molecule has 6 aromatic rings. The summed E-state index contributed by atoms with van der Waals surface area (Å²) in [5, 5.41) is 31.2. The number of benzene rings is 6. The molecule has 9 rings (SSSR count). The standard InChI is InChI=1S/C66H75N3O6/c1-5-8-11-12-13-16-45-21-31-51(32-22-45)68-55-41-57(74-53-37-27-48(28-38-53)46-23-17-43(18-24-46)14-9-6-2)63(70)61-59(55)65(72)62-60(66(61)73)56(69-52-35-33-50(67-4)34-36-52)42-58(64(62)71)75-54-39-29-49(30-40-54)47-25-19-44(20-26-47)15-10-7-3/h21-22,27-44,46-47,68-71H,5-20,23-26H2,1-3H3. The molecule has 75 heavy (non-hydrogen) atoms. The number of carbonyl (C=O) groups is 2. The maximum Gasteiger partial charge on any atom is 0.200 e. The number of hydrogen-bond acceptors (Lipinski definition) is 8. The van der Waals surface area contributed by atoms with Crippen molar-refractivity contribution in [3.8, 4) is 34.5 Å². The van der Waals surface area contributed by atoms with Crippen molar-refractivity contribution in [2.24, 2.45) is 11.8 Å². The summed E-state index contributed by atoms with van der Waals surface area (Å²) in [7, 11) is 0. The van der Waals surface area contributed by atoms with Crippen LogP contribution >= 0.6 is 0 Å². The molecule has 0 atom stereocenters. The number of unbranched alkanes of at least 4 members (excludes halogenated alkanes) is 6. The Bertz CT molecular complexity index is 2940. The van der Waals surface area contributed by atoms with Crippen molar-refractivity contribution in [3.05, 3.63) is 160 Å². The number of hydrogen-bond donors (Lipinski definition) is 4. The number of anilines is 4. The monoisotopic (exact) mass is 1010 g/mol. The van der Waals surface area contributed by atoms with Crippen LogP contribution in [-0.2, 0) is 6.42 Å². The van der Waals surface area contributed by atoms with Crippen LogP contribution < -0.4 is 20.1 Å². The predicted molar refractivity (Wildman–Crippen MR) is 303 cm³/mol. The lowest BCUT2D eigenvalue weighted by atomic mass is 9.77. The van der Waals surface area contributed by atoms with Crippen LogP contribution in [0.15, 0.2) is 109 Å². The molecule has 2 saturated carbocycles. The number of nitrogens with zero attached hydrogens (tertiary/aromatic N) is 1. The highest BCUT2D eigenvalue weighted by Gasteiger charge is 2.41. The van der Waals surface area contributed by atoms with Gasteiger partial charge < -0.3 is 30.3 Å². The summed E-state index contributed by atoms with van der Waals surface area (Å²) in [5.41, 5.74) is 5.00. The van der Waals surface area contributed by atoms with E-state index < -0.39 is 23.1 Å². The molecule has 0 unspecified atom stereocenters. The van der Waals surface area contributed by atoms with Gasteiger partial charge in [0.1, 0.15) is 11.5 Å². The molecule has 3 aliphatic rings. The van der Waals surface area contributed by atoms with E-state index in [1.54, 1.807) is 30.3 Å². The predicted octanol–water partition coefficient (Wildman–Crippen LogP) is 18.9. The van der Waals surface area contributed by atoms with Gasteiger partial charge in [0.05, 0.1) is 40.2 Å². The first-order valence-corrected chi connectivity index (χ1v) is 28.2. The van der Waals surface area contributed by atoms with Gasteiger partial charge in [0.25, 0.3) is 0 Å². The van der Waals surface area contributed by atoms with Crippen molar-refractivity contribution in [1.82, 2.24) is 0 Å². The lowest BCUT2D eigenvalue weighted by molar-refractivity contribution is 0.0974. The van der Waals surface area contributed by atoms with Gasteiger partial charge in [0.15, 0.2) is 28.7 Å². The Kier molecular flexibility index (Phi) is 17.6. The molecule has 6 aromatic carbocycles. The van der Waals surface area contributed by atoms with Gasteiger partial charge in [-0.1, -0.05) is 134 Å². The Labute approximate surface area is 444 Å². The summed E-state index contributed by atoms with van der Waals surface area (Å²) in [5.74, 6) is 1.10. The lowest BCUT2D eigenvalue weighted by Crippen LogP contribution is -2.24. The zero-order chi connectivity index (χ0) is 52.3. The van der Waals surface area contributed by atoms with E-state index in [0.717, 1.165) is 50.4 Å². The largest absolute Gasteiger partial charge is 0.504 e. The molecule has 4 N–H and O–H groups in total. The number of ketones is 2. The van der Waals surface area contributed by atoms with Gasteiger partial charge in [-0.25, -0.2) is 4.85 Å². The topological polar surface area (TPSA) is 121 Å². The summed E-state index contributed by atoms with van der Waals surface area (Å²) < 4.78 is 12.9. The van der Waals surface area contributed by atoms with E-state index in [-0.39, 0.29) is 45.1 Å². The fraction of sp³-hybridized carbons (Fsp3) is 0.409. The molecular weight excluding hydrogens is 931 g/mol. The van der Waals surface area contributed by atoms with Crippen LogP contribution in [0.2, 0.25) is 0 Å². The van der Waals surface area contributed by atoms with Crippen LogP contribution in [-0.4, -0.2) is 21.8 Å². The molecule has 0 heterocycles. The SMILES string of the molecule is [C-]#[N+]c1ccc(Nc2cc(Oc3ccc(C4CCC(CCCC)CC4)cc3)c(O)c3c2C(=O)c2c(O)c(Oc4ccc(C5CCC(CCCC)CC5)cc4)cc(Nc4ccc(CCCCCCC)cc4)c2C3=O)cc1. The fourth-order valence-corrected chi connectivity index (χ4v) is 11.9. The van der Waals surface area contributed by atoms with E-state index in [0.29, 0.717) is 40.4 Å². The third-order valence-corrected chi connectivity index (χ3v) is 16.3. The number of phenols is 2. The van der Waals surface area contributed by atoms with E-state index >= 15 is 9.59 Å². The fourth-order valence-electron chi connectivity index (χ4n) is 11.9. The molecule has 9 nitrogen and oxygen atoms in total. The van der Waals surface area contributed by atoms with Gasteiger partial charge in [0.2, 0.25) is 11.6 Å². The van der Waals surface area contributed by atoms with E-state index in [1.807, 2.05) is 36.4 Å². The van der Waals surface area contributed by atoms with Crippen molar-refractivity contribution < 1.29 is 29.3 Å². The van der Waals surface area contributed by atoms with Gasteiger partial charge >= 0.3 is 0 Å². The minimum absolute atomic E-state index is 0.00451.